The third kappa shape index (κ3) is 3.34. The second-order valence-corrected chi connectivity index (χ2v) is 4.27. The molecule has 0 aliphatic rings. The van der Waals surface area contributed by atoms with Crippen molar-refractivity contribution in [3.05, 3.63) is 70.7 Å². The van der Waals surface area contributed by atoms with Crippen molar-refractivity contribution in [2.45, 2.75) is 6.10 Å². The highest BCUT2D eigenvalue weighted by atomic mass is 35.5. The number of ether oxygens (including phenoxy) is 1. The Bertz CT molecular complexity index is 602. The average Bonchev–Trinajstić information content (AvgIpc) is 2.46. The molecule has 0 aliphatic carbocycles. The maximum atomic E-state index is 11.9. The number of nitriles is 1. The summed E-state index contributed by atoms with van der Waals surface area (Å²) in [6, 6.07) is 17.2. The number of hydrogen-bond donors (Lipinski definition) is 0. The molecule has 0 bridgehead atoms. The second kappa shape index (κ2) is 6.03. The van der Waals surface area contributed by atoms with Gasteiger partial charge in [-0.25, -0.2) is 4.79 Å². The zero-order chi connectivity index (χ0) is 13.7. The van der Waals surface area contributed by atoms with Crippen LogP contribution in [0.15, 0.2) is 54.6 Å². The van der Waals surface area contributed by atoms with E-state index in [1.54, 1.807) is 48.5 Å². The largest absolute Gasteiger partial charge is 0.438 e. The molecule has 94 valence electrons. The zero-order valence-electron chi connectivity index (χ0n) is 9.92. The van der Waals surface area contributed by atoms with Crippen molar-refractivity contribution in [1.82, 2.24) is 0 Å². The van der Waals surface area contributed by atoms with Gasteiger partial charge in [0.05, 0.1) is 5.56 Å². The third-order valence-corrected chi connectivity index (χ3v) is 2.78. The molecule has 0 aromatic heterocycles. The Balaban J connectivity index is 2.13. The topological polar surface area (TPSA) is 50.1 Å². The van der Waals surface area contributed by atoms with Crippen molar-refractivity contribution in [2.24, 2.45) is 0 Å². The van der Waals surface area contributed by atoms with E-state index in [0.29, 0.717) is 16.1 Å². The Labute approximate surface area is 116 Å². The Kier molecular flexibility index (Phi) is 4.17. The van der Waals surface area contributed by atoms with Crippen molar-refractivity contribution in [2.75, 3.05) is 0 Å². The maximum Gasteiger partial charge on any atom is 0.339 e. The van der Waals surface area contributed by atoms with Crippen molar-refractivity contribution >= 4 is 17.6 Å². The van der Waals surface area contributed by atoms with Crippen LogP contribution >= 0.6 is 11.6 Å². The molecule has 2 rings (SSSR count). The lowest BCUT2D eigenvalue weighted by molar-refractivity contribution is 0.0404. The van der Waals surface area contributed by atoms with Gasteiger partial charge in [0.15, 0.2) is 0 Å². The second-order valence-electron chi connectivity index (χ2n) is 3.83. The Morgan fingerprint density at radius 1 is 1.11 bits per heavy atom. The van der Waals surface area contributed by atoms with Crippen molar-refractivity contribution in [3.8, 4) is 6.07 Å². The summed E-state index contributed by atoms with van der Waals surface area (Å²) in [6.45, 7) is 0. The number of carbonyl (C=O) groups is 1. The number of hydrogen-bond acceptors (Lipinski definition) is 3. The molecule has 2 aromatic rings. The standard InChI is InChI=1S/C15H10ClNO2/c16-13-8-6-12(7-9-13)15(18)19-14(10-17)11-4-2-1-3-5-11/h1-9,14H. The summed E-state index contributed by atoms with van der Waals surface area (Å²) in [6.07, 6.45) is -0.913. The van der Waals surface area contributed by atoms with Crippen LogP contribution in [0.25, 0.3) is 0 Å². The van der Waals surface area contributed by atoms with Crippen LogP contribution in [0.3, 0.4) is 0 Å². The highest BCUT2D eigenvalue weighted by Gasteiger charge is 2.16. The third-order valence-electron chi connectivity index (χ3n) is 2.52. The van der Waals surface area contributed by atoms with Gasteiger partial charge >= 0.3 is 5.97 Å². The lowest BCUT2D eigenvalue weighted by Crippen LogP contribution is -2.10. The summed E-state index contributed by atoms with van der Waals surface area (Å²) in [5.74, 6) is -0.549. The van der Waals surface area contributed by atoms with Crippen LogP contribution in [-0.2, 0) is 4.74 Å². The van der Waals surface area contributed by atoms with Gasteiger partial charge in [0, 0.05) is 10.6 Å². The Morgan fingerprint density at radius 2 is 1.74 bits per heavy atom. The Hall–Kier alpha value is -2.31. The van der Waals surface area contributed by atoms with E-state index in [2.05, 4.69) is 0 Å². The summed E-state index contributed by atoms with van der Waals surface area (Å²) in [7, 11) is 0. The van der Waals surface area contributed by atoms with Crippen LogP contribution in [0.4, 0.5) is 0 Å². The van der Waals surface area contributed by atoms with Crippen LogP contribution in [-0.4, -0.2) is 5.97 Å². The van der Waals surface area contributed by atoms with E-state index < -0.39 is 12.1 Å². The SMILES string of the molecule is N#CC(OC(=O)c1ccc(Cl)cc1)c1ccccc1. The van der Waals surface area contributed by atoms with Crippen LogP contribution in [0.5, 0.6) is 0 Å². The van der Waals surface area contributed by atoms with Crippen LogP contribution in [0.1, 0.15) is 22.0 Å². The number of carbonyl (C=O) groups excluding carboxylic acids is 1. The fourth-order valence-corrected chi connectivity index (χ4v) is 1.68. The van der Waals surface area contributed by atoms with Gasteiger partial charge in [-0.15, -0.1) is 0 Å². The van der Waals surface area contributed by atoms with Gasteiger partial charge in [0.2, 0.25) is 6.10 Å². The highest BCUT2D eigenvalue weighted by Crippen LogP contribution is 2.19. The van der Waals surface area contributed by atoms with Gasteiger partial charge in [0.1, 0.15) is 6.07 Å². The molecule has 1 unspecified atom stereocenters. The van der Waals surface area contributed by atoms with Crippen LogP contribution in [0, 0.1) is 11.3 Å². The molecule has 0 N–H and O–H groups in total. The molecule has 3 nitrogen and oxygen atoms in total. The monoisotopic (exact) mass is 271 g/mol. The molecule has 1 atom stereocenters. The maximum absolute atomic E-state index is 11.9. The molecule has 4 heteroatoms. The predicted molar refractivity (Wildman–Crippen MR) is 71.7 cm³/mol. The van der Waals surface area contributed by atoms with E-state index in [9.17, 15) is 4.79 Å². The quantitative estimate of drug-likeness (QED) is 0.799. The first kappa shape index (κ1) is 13.1. The molecule has 0 aliphatic heterocycles. The fraction of sp³-hybridized carbons (Fsp3) is 0.0667. The average molecular weight is 272 g/mol. The predicted octanol–water partition coefficient (Wildman–Crippen LogP) is 3.76. The number of halogens is 1. The number of esters is 1. The molecule has 0 heterocycles. The molecule has 0 amide bonds. The van der Waals surface area contributed by atoms with Gasteiger partial charge in [-0.3, -0.25) is 0 Å². The van der Waals surface area contributed by atoms with E-state index in [1.807, 2.05) is 12.1 Å². The van der Waals surface area contributed by atoms with Gasteiger partial charge in [0.25, 0.3) is 0 Å². The molecule has 0 saturated heterocycles. The van der Waals surface area contributed by atoms with Crippen molar-refractivity contribution < 1.29 is 9.53 Å². The molecule has 0 spiro atoms. The van der Waals surface area contributed by atoms with Gasteiger partial charge < -0.3 is 4.74 Å². The molecule has 19 heavy (non-hydrogen) atoms. The van der Waals surface area contributed by atoms with Gasteiger partial charge in [-0.1, -0.05) is 41.9 Å². The van der Waals surface area contributed by atoms with E-state index >= 15 is 0 Å². The first-order valence-electron chi connectivity index (χ1n) is 5.62. The van der Waals surface area contributed by atoms with E-state index in [0.717, 1.165) is 0 Å². The van der Waals surface area contributed by atoms with Gasteiger partial charge in [-0.05, 0) is 24.3 Å². The highest BCUT2D eigenvalue weighted by molar-refractivity contribution is 6.30. The molecule has 0 fully saturated rings. The van der Waals surface area contributed by atoms with Crippen molar-refractivity contribution in [1.29, 1.82) is 5.26 Å². The molecular formula is C15H10ClNO2. The van der Waals surface area contributed by atoms with E-state index in [-0.39, 0.29) is 0 Å². The zero-order valence-corrected chi connectivity index (χ0v) is 10.7. The summed E-state index contributed by atoms with van der Waals surface area (Å²) < 4.78 is 5.17. The van der Waals surface area contributed by atoms with E-state index in [1.165, 1.54) is 0 Å². The summed E-state index contributed by atoms with van der Waals surface area (Å²) in [5, 5.41) is 9.61. The fourth-order valence-electron chi connectivity index (χ4n) is 1.56. The minimum atomic E-state index is -0.913. The number of rotatable bonds is 3. The first-order valence-corrected chi connectivity index (χ1v) is 5.99. The minimum absolute atomic E-state index is 0.362. The van der Waals surface area contributed by atoms with Crippen LogP contribution < -0.4 is 0 Å². The Morgan fingerprint density at radius 3 is 2.32 bits per heavy atom. The molecular weight excluding hydrogens is 262 g/mol. The summed E-state index contributed by atoms with van der Waals surface area (Å²) in [5.41, 5.74) is 1.01. The minimum Gasteiger partial charge on any atom is -0.438 e. The van der Waals surface area contributed by atoms with Crippen LogP contribution in [0.2, 0.25) is 5.02 Å². The number of benzene rings is 2. The lowest BCUT2D eigenvalue weighted by Gasteiger charge is -2.11. The lowest BCUT2D eigenvalue weighted by atomic mass is 10.1. The molecule has 0 radical (unpaired) electrons. The normalized spacial score (nSPS) is 11.4. The molecule has 2 aromatic carbocycles. The summed E-state index contributed by atoms with van der Waals surface area (Å²) >= 11 is 5.74. The van der Waals surface area contributed by atoms with E-state index in [4.69, 9.17) is 21.6 Å². The molecule has 0 saturated carbocycles. The number of nitrogens with zero attached hydrogens (tertiary/aromatic N) is 1. The van der Waals surface area contributed by atoms with Gasteiger partial charge in [-0.2, -0.15) is 5.26 Å². The summed E-state index contributed by atoms with van der Waals surface area (Å²) in [4.78, 5) is 11.9. The first-order chi connectivity index (χ1) is 9.20. The smallest absolute Gasteiger partial charge is 0.339 e. The van der Waals surface area contributed by atoms with Crippen molar-refractivity contribution in [3.63, 3.8) is 0 Å².